The summed E-state index contributed by atoms with van der Waals surface area (Å²) in [6.07, 6.45) is -0.656. The van der Waals surface area contributed by atoms with E-state index in [9.17, 15) is 22.8 Å². The number of likely N-dealkylation sites (tertiary alicyclic amines) is 1. The highest BCUT2D eigenvalue weighted by Gasteiger charge is 2.61. The van der Waals surface area contributed by atoms with Crippen molar-refractivity contribution in [2.75, 3.05) is 13.1 Å². The van der Waals surface area contributed by atoms with E-state index in [1.54, 1.807) is 35.0 Å². The lowest BCUT2D eigenvalue weighted by molar-refractivity contribution is -0.274. The Labute approximate surface area is 175 Å². The fourth-order valence-electron chi connectivity index (χ4n) is 5.07. The predicted octanol–water partition coefficient (Wildman–Crippen LogP) is 3.49. The number of alkyl halides is 3. The van der Waals surface area contributed by atoms with Crippen LogP contribution in [0, 0.1) is 12.8 Å². The number of halogens is 3. The van der Waals surface area contributed by atoms with Crippen molar-refractivity contribution in [2.45, 2.75) is 25.1 Å². The van der Waals surface area contributed by atoms with Crippen molar-refractivity contribution < 1.29 is 22.7 Å². The van der Waals surface area contributed by atoms with E-state index in [2.05, 4.69) is 9.72 Å². The molecule has 2 aromatic heterocycles. The number of aromatic amines is 1. The Morgan fingerprint density at radius 2 is 2.10 bits per heavy atom. The van der Waals surface area contributed by atoms with Crippen molar-refractivity contribution in [1.29, 1.82) is 0 Å². The molecule has 1 N–H and O–H groups in total. The molecule has 1 amide bonds. The second kappa shape index (κ2) is 6.38. The van der Waals surface area contributed by atoms with Crippen LogP contribution in [-0.2, 0) is 12.5 Å². The molecule has 6 nitrogen and oxygen atoms in total. The van der Waals surface area contributed by atoms with E-state index in [1.165, 1.54) is 18.2 Å². The molecule has 3 aromatic rings. The number of carbonyl (C=O) groups is 1. The molecular formula is C22H20F3N3O3. The molecule has 2 atom stereocenters. The third-order valence-electron chi connectivity index (χ3n) is 6.51. The quantitative estimate of drug-likeness (QED) is 0.691. The SMILES string of the molecule is Cc1c[nH]c(=O)c2c(C(=O)N3CC4CC4(c4cccc(OC(F)(F)F)c4)C3)cn(C)c12. The summed E-state index contributed by atoms with van der Waals surface area (Å²) in [6.45, 7) is 2.76. The summed E-state index contributed by atoms with van der Waals surface area (Å²) in [7, 11) is 1.79. The number of pyridine rings is 1. The van der Waals surface area contributed by atoms with Gasteiger partial charge in [-0.15, -0.1) is 13.2 Å². The summed E-state index contributed by atoms with van der Waals surface area (Å²) in [5.41, 5.74) is 1.96. The highest BCUT2D eigenvalue weighted by molar-refractivity contribution is 6.07. The lowest BCUT2D eigenvalue weighted by Crippen LogP contribution is -2.33. The van der Waals surface area contributed by atoms with Gasteiger partial charge in [0, 0.05) is 37.9 Å². The number of nitrogens with one attached hydrogen (secondary N) is 1. The molecule has 1 aromatic carbocycles. The average Bonchev–Trinajstić information content (AvgIpc) is 3.08. The van der Waals surface area contributed by atoms with Gasteiger partial charge in [0.25, 0.3) is 11.5 Å². The van der Waals surface area contributed by atoms with E-state index in [4.69, 9.17) is 0 Å². The molecule has 31 heavy (non-hydrogen) atoms. The Morgan fingerprint density at radius 1 is 1.32 bits per heavy atom. The van der Waals surface area contributed by atoms with E-state index >= 15 is 0 Å². The number of nitrogens with zero attached hydrogens (tertiary/aromatic N) is 2. The monoisotopic (exact) mass is 431 g/mol. The summed E-state index contributed by atoms with van der Waals surface area (Å²) in [4.78, 5) is 30.1. The van der Waals surface area contributed by atoms with Crippen LogP contribution in [-0.4, -0.2) is 39.8 Å². The van der Waals surface area contributed by atoms with E-state index in [1.807, 2.05) is 6.92 Å². The third kappa shape index (κ3) is 3.10. The number of amides is 1. The molecule has 9 heteroatoms. The van der Waals surface area contributed by atoms with Crippen LogP contribution < -0.4 is 10.3 Å². The summed E-state index contributed by atoms with van der Waals surface area (Å²) in [5.74, 6) is -0.325. The minimum Gasteiger partial charge on any atom is -0.406 e. The molecule has 2 unspecified atom stereocenters. The largest absolute Gasteiger partial charge is 0.573 e. The molecule has 2 aliphatic rings. The van der Waals surface area contributed by atoms with Gasteiger partial charge in [-0.05, 0) is 42.5 Å². The number of benzene rings is 1. The molecule has 0 bridgehead atoms. The van der Waals surface area contributed by atoms with Crippen molar-refractivity contribution >= 4 is 16.8 Å². The van der Waals surface area contributed by atoms with E-state index < -0.39 is 6.36 Å². The van der Waals surface area contributed by atoms with Gasteiger partial charge in [-0.1, -0.05) is 12.1 Å². The molecular weight excluding hydrogens is 411 g/mol. The van der Waals surface area contributed by atoms with E-state index in [-0.39, 0.29) is 28.5 Å². The molecule has 0 spiro atoms. The van der Waals surface area contributed by atoms with Crippen LogP contribution in [0.5, 0.6) is 5.75 Å². The maximum atomic E-state index is 13.3. The lowest BCUT2D eigenvalue weighted by Gasteiger charge is -2.21. The second-order valence-electron chi connectivity index (χ2n) is 8.50. The average molecular weight is 431 g/mol. The number of fused-ring (bicyclic) bond motifs is 2. The zero-order chi connectivity index (χ0) is 22.1. The minimum absolute atomic E-state index is 0.174. The van der Waals surface area contributed by atoms with Crippen molar-refractivity contribution in [3.8, 4) is 5.75 Å². The smallest absolute Gasteiger partial charge is 0.406 e. The first-order chi connectivity index (χ1) is 14.6. The number of ether oxygens (including phenoxy) is 1. The number of rotatable bonds is 3. The molecule has 5 rings (SSSR count). The van der Waals surface area contributed by atoms with Gasteiger partial charge in [0.15, 0.2) is 0 Å². The molecule has 3 heterocycles. The number of hydrogen-bond donors (Lipinski definition) is 1. The van der Waals surface area contributed by atoms with Gasteiger partial charge >= 0.3 is 6.36 Å². The van der Waals surface area contributed by atoms with Gasteiger partial charge in [-0.2, -0.15) is 0 Å². The number of piperidine rings is 1. The van der Waals surface area contributed by atoms with Crippen LogP contribution in [0.15, 0.2) is 41.5 Å². The maximum absolute atomic E-state index is 13.3. The van der Waals surface area contributed by atoms with Gasteiger partial charge in [0.05, 0.1) is 16.5 Å². The van der Waals surface area contributed by atoms with Gasteiger partial charge < -0.3 is 19.2 Å². The topological polar surface area (TPSA) is 67.3 Å². The van der Waals surface area contributed by atoms with Crippen molar-refractivity contribution in [2.24, 2.45) is 13.0 Å². The fraction of sp³-hybridized carbons (Fsp3) is 0.364. The Morgan fingerprint density at radius 3 is 2.84 bits per heavy atom. The number of carbonyl (C=O) groups excluding carboxylic acids is 1. The van der Waals surface area contributed by atoms with Gasteiger partial charge in [0.1, 0.15) is 5.75 Å². The van der Waals surface area contributed by atoms with Crippen molar-refractivity contribution in [3.63, 3.8) is 0 Å². The van der Waals surface area contributed by atoms with Gasteiger partial charge in [-0.3, -0.25) is 9.59 Å². The van der Waals surface area contributed by atoms with Gasteiger partial charge in [0.2, 0.25) is 0 Å². The summed E-state index contributed by atoms with van der Waals surface area (Å²) in [5, 5.41) is 0.364. The summed E-state index contributed by atoms with van der Waals surface area (Å²) < 4.78 is 43.6. The first-order valence-electron chi connectivity index (χ1n) is 9.92. The normalized spacial score (nSPS) is 22.6. The van der Waals surface area contributed by atoms with Gasteiger partial charge in [-0.25, -0.2) is 0 Å². The molecule has 1 aliphatic carbocycles. The molecule has 2 fully saturated rings. The zero-order valence-corrected chi connectivity index (χ0v) is 16.9. The zero-order valence-electron chi connectivity index (χ0n) is 16.9. The fourth-order valence-corrected chi connectivity index (χ4v) is 5.07. The first kappa shape index (κ1) is 19.7. The van der Waals surface area contributed by atoms with Crippen LogP contribution in [0.2, 0.25) is 0 Å². The van der Waals surface area contributed by atoms with Crippen LogP contribution >= 0.6 is 0 Å². The molecule has 1 saturated carbocycles. The first-order valence-corrected chi connectivity index (χ1v) is 9.92. The number of aryl methyl sites for hydroxylation is 2. The number of H-pyrrole nitrogens is 1. The Balaban J connectivity index is 1.44. The van der Waals surface area contributed by atoms with E-state index in [0.29, 0.717) is 29.6 Å². The predicted molar refractivity (Wildman–Crippen MR) is 107 cm³/mol. The maximum Gasteiger partial charge on any atom is 0.573 e. The Hall–Kier alpha value is -3.23. The highest BCUT2D eigenvalue weighted by atomic mass is 19.4. The second-order valence-corrected chi connectivity index (χ2v) is 8.50. The third-order valence-corrected chi connectivity index (χ3v) is 6.51. The summed E-state index contributed by atoms with van der Waals surface area (Å²) >= 11 is 0. The molecule has 1 saturated heterocycles. The van der Waals surface area contributed by atoms with Crippen LogP contribution in [0.3, 0.4) is 0 Å². The van der Waals surface area contributed by atoms with Crippen molar-refractivity contribution in [1.82, 2.24) is 14.5 Å². The van der Waals surface area contributed by atoms with Crippen LogP contribution in [0.4, 0.5) is 13.2 Å². The number of aromatic nitrogens is 2. The molecule has 162 valence electrons. The van der Waals surface area contributed by atoms with Crippen LogP contribution in [0.25, 0.3) is 10.9 Å². The summed E-state index contributed by atoms with van der Waals surface area (Å²) in [6, 6.07) is 6.00. The lowest BCUT2D eigenvalue weighted by atomic mass is 9.95. The highest BCUT2D eigenvalue weighted by Crippen LogP contribution is 2.59. The number of hydrogen-bond acceptors (Lipinski definition) is 3. The van der Waals surface area contributed by atoms with Crippen molar-refractivity contribution in [3.05, 3.63) is 63.7 Å². The Kier molecular flexibility index (Phi) is 4.06. The standard InChI is InChI=1S/C22H20F3N3O3/c1-12-8-26-19(29)17-16(10-27(2)18(12)17)20(30)28-9-14-7-21(14,11-28)13-4-3-5-15(6-13)31-22(23,24)25/h3-6,8,10,14H,7,9,11H2,1-2H3,(H,26,29). The minimum atomic E-state index is -4.75. The molecule has 0 radical (unpaired) electrons. The van der Waals surface area contributed by atoms with E-state index in [0.717, 1.165) is 17.5 Å². The molecule has 1 aliphatic heterocycles. The van der Waals surface area contributed by atoms with Crippen LogP contribution in [0.1, 0.15) is 27.9 Å². The Bertz CT molecular complexity index is 1280.